The van der Waals surface area contributed by atoms with E-state index in [4.69, 9.17) is 10.00 Å². The zero-order valence-corrected chi connectivity index (χ0v) is 11.5. The molecule has 0 aromatic carbocycles. The maximum atomic E-state index is 11.6. The van der Waals surface area contributed by atoms with E-state index in [1.165, 1.54) is 6.08 Å². The second-order valence-electron chi connectivity index (χ2n) is 4.85. The van der Waals surface area contributed by atoms with E-state index in [1.807, 2.05) is 19.9 Å². The van der Waals surface area contributed by atoms with Gasteiger partial charge in [-0.3, -0.25) is 4.79 Å². The summed E-state index contributed by atoms with van der Waals surface area (Å²) in [5, 5.41) is 11.6. The number of carbonyl (C=O) groups is 2. The molecule has 0 aliphatic carbocycles. The minimum absolute atomic E-state index is 0.0417. The van der Waals surface area contributed by atoms with Gasteiger partial charge in [-0.1, -0.05) is 19.4 Å². The molecule has 1 amide bonds. The van der Waals surface area contributed by atoms with E-state index >= 15 is 0 Å². The highest BCUT2D eigenvalue weighted by molar-refractivity contribution is 5.86. The molecule has 0 saturated carbocycles. The van der Waals surface area contributed by atoms with Gasteiger partial charge in [0, 0.05) is 6.08 Å². The first-order valence-corrected chi connectivity index (χ1v) is 5.75. The first-order valence-electron chi connectivity index (χ1n) is 5.75. The summed E-state index contributed by atoms with van der Waals surface area (Å²) in [5.74, 6) is -1.09. The van der Waals surface area contributed by atoms with Gasteiger partial charge in [-0.05, 0) is 26.7 Å². The van der Waals surface area contributed by atoms with E-state index in [0.29, 0.717) is 0 Å². The van der Waals surface area contributed by atoms with Crippen molar-refractivity contribution in [1.82, 2.24) is 5.32 Å². The van der Waals surface area contributed by atoms with Crippen LogP contribution in [0.2, 0.25) is 0 Å². The summed E-state index contributed by atoms with van der Waals surface area (Å²) >= 11 is 0. The van der Waals surface area contributed by atoms with Crippen molar-refractivity contribution >= 4 is 11.9 Å². The lowest BCUT2D eigenvalue weighted by atomic mass is 9.90. The van der Waals surface area contributed by atoms with Crippen LogP contribution in [0.1, 0.15) is 34.6 Å². The Balaban J connectivity index is 4.34. The fourth-order valence-electron chi connectivity index (χ4n) is 1.04. The topological polar surface area (TPSA) is 79.2 Å². The van der Waals surface area contributed by atoms with Crippen LogP contribution in [0.3, 0.4) is 0 Å². The molecule has 0 aromatic heterocycles. The van der Waals surface area contributed by atoms with Crippen molar-refractivity contribution in [1.29, 1.82) is 5.26 Å². The van der Waals surface area contributed by atoms with Crippen LogP contribution in [0.4, 0.5) is 0 Å². The smallest absolute Gasteiger partial charge is 0.331 e. The van der Waals surface area contributed by atoms with E-state index < -0.39 is 17.4 Å². The van der Waals surface area contributed by atoms with Gasteiger partial charge in [0.1, 0.15) is 5.54 Å². The van der Waals surface area contributed by atoms with Crippen LogP contribution in [0.5, 0.6) is 0 Å². The largest absolute Gasteiger partial charge is 0.452 e. The number of rotatable bonds is 5. The fourth-order valence-corrected chi connectivity index (χ4v) is 1.04. The van der Waals surface area contributed by atoms with Gasteiger partial charge in [-0.15, -0.1) is 0 Å². The molecule has 0 radical (unpaired) electrons. The third-order valence-corrected chi connectivity index (χ3v) is 2.54. The Morgan fingerprint density at radius 1 is 1.44 bits per heavy atom. The van der Waals surface area contributed by atoms with Crippen molar-refractivity contribution in [2.75, 3.05) is 6.61 Å². The predicted molar refractivity (Wildman–Crippen MR) is 67.4 cm³/mol. The molecule has 0 aromatic rings. The highest BCUT2D eigenvalue weighted by atomic mass is 16.5. The molecule has 0 bridgehead atoms. The van der Waals surface area contributed by atoms with Crippen LogP contribution in [0.25, 0.3) is 0 Å². The van der Waals surface area contributed by atoms with Crippen LogP contribution < -0.4 is 5.32 Å². The second-order valence-corrected chi connectivity index (χ2v) is 4.85. The first kappa shape index (κ1) is 16.2. The normalized spacial score (nSPS) is 13.2. The Kier molecular flexibility index (Phi) is 6.11. The number of hydrogen-bond donors (Lipinski definition) is 1. The number of hydrogen-bond acceptors (Lipinski definition) is 4. The highest BCUT2D eigenvalue weighted by Crippen LogP contribution is 2.14. The number of nitriles is 1. The number of nitrogens with one attached hydrogen (secondary N) is 1. The summed E-state index contributed by atoms with van der Waals surface area (Å²) < 4.78 is 4.75. The molecule has 5 heteroatoms. The van der Waals surface area contributed by atoms with Crippen molar-refractivity contribution in [2.45, 2.75) is 40.2 Å². The maximum absolute atomic E-state index is 11.6. The molecule has 5 nitrogen and oxygen atoms in total. The van der Waals surface area contributed by atoms with E-state index in [1.54, 1.807) is 20.8 Å². The Labute approximate surface area is 108 Å². The molecule has 0 unspecified atom stereocenters. The van der Waals surface area contributed by atoms with E-state index in [0.717, 1.165) is 5.57 Å². The van der Waals surface area contributed by atoms with Gasteiger partial charge in [0.05, 0.1) is 6.07 Å². The van der Waals surface area contributed by atoms with Crippen molar-refractivity contribution in [2.24, 2.45) is 5.92 Å². The number of ether oxygens (including phenoxy) is 1. The van der Waals surface area contributed by atoms with E-state index in [9.17, 15) is 9.59 Å². The molecule has 0 aliphatic rings. The monoisotopic (exact) mass is 252 g/mol. The predicted octanol–water partition coefficient (Wildman–Crippen LogP) is 1.55. The van der Waals surface area contributed by atoms with Gasteiger partial charge >= 0.3 is 5.97 Å². The van der Waals surface area contributed by atoms with Gasteiger partial charge in [0.25, 0.3) is 5.91 Å². The minimum Gasteiger partial charge on any atom is -0.452 e. The first-order chi connectivity index (χ1) is 8.21. The zero-order valence-electron chi connectivity index (χ0n) is 11.5. The third-order valence-electron chi connectivity index (χ3n) is 2.54. The Morgan fingerprint density at radius 3 is 2.39 bits per heavy atom. The van der Waals surface area contributed by atoms with Crippen molar-refractivity contribution in [3.63, 3.8) is 0 Å². The number of allylic oxidation sites excluding steroid dienone is 1. The number of carbonyl (C=O) groups excluding carboxylic acids is 2. The van der Waals surface area contributed by atoms with E-state index in [-0.39, 0.29) is 12.5 Å². The third kappa shape index (κ3) is 5.48. The van der Waals surface area contributed by atoms with Crippen molar-refractivity contribution in [3.05, 3.63) is 11.6 Å². The summed E-state index contributed by atoms with van der Waals surface area (Å²) in [7, 11) is 0. The summed E-state index contributed by atoms with van der Waals surface area (Å²) in [6, 6.07) is 2.04. The summed E-state index contributed by atoms with van der Waals surface area (Å²) in [4.78, 5) is 22.7. The molecule has 0 fully saturated rings. The molecule has 0 saturated heterocycles. The molecular formula is C13H20N2O3. The standard InChI is InChI=1S/C13H20N2O3/c1-9(2)6-12(17)18-7-11(16)15-13(5,8-14)10(3)4/h6,10H,7H2,1-5H3,(H,15,16)/t13-/m0/s1. The van der Waals surface area contributed by atoms with Crippen molar-refractivity contribution in [3.8, 4) is 6.07 Å². The van der Waals surface area contributed by atoms with Crippen LogP contribution in [-0.4, -0.2) is 24.0 Å². The molecule has 0 rings (SSSR count). The molecule has 0 aliphatic heterocycles. The molecule has 0 spiro atoms. The van der Waals surface area contributed by atoms with Gasteiger partial charge in [0.15, 0.2) is 6.61 Å². The fraction of sp³-hybridized carbons (Fsp3) is 0.615. The molecular weight excluding hydrogens is 232 g/mol. The zero-order chi connectivity index (χ0) is 14.3. The maximum Gasteiger partial charge on any atom is 0.331 e. The van der Waals surface area contributed by atoms with Crippen LogP contribution >= 0.6 is 0 Å². The lowest BCUT2D eigenvalue weighted by molar-refractivity contribution is -0.144. The molecule has 100 valence electrons. The summed E-state index contributed by atoms with van der Waals surface area (Å²) in [5.41, 5.74) is -0.163. The van der Waals surface area contributed by atoms with Gasteiger partial charge < -0.3 is 10.1 Å². The van der Waals surface area contributed by atoms with Crippen LogP contribution in [0, 0.1) is 17.2 Å². The number of nitrogens with zero attached hydrogens (tertiary/aromatic N) is 1. The molecule has 0 heterocycles. The van der Waals surface area contributed by atoms with Crippen LogP contribution in [0.15, 0.2) is 11.6 Å². The quantitative estimate of drug-likeness (QED) is 0.594. The lowest BCUT2D eigenvalue weighted by Gasteiger charge is -2.27. The number of esters is 1. The Hall–Kier alpha value is -1.83. The molecule has 1 atom stereocenters. The van der Waals surface area contributed by atoms with Crippen LogP contribution in [-0.2, 0) is 14.3 Å². The second kappa shape index (κ2) is 6.80. The number of amides is 1. The highest BCUT2D eigenvalue weighted by Gasteiger charge is 2.30. The Morgan fingerprint density at radius 2 is 2.00 bits per heavy atom. The average molecular weight is 252 g/mol. The summed E-state index contributed by atoms with van der Waals surface area (Å²) in [6.45, 7) is 8.43. The molecule has 1 N–H and O–H groups in total. The average Bonchev–Trinajstić information content (AvgIpc) is 2.25. The SMILES string of the molecule is CC(C)=CC(=O)OCC(=O)N[C@@](C)(C#N)C(C)C. The van der Waals surface area contributed by atoms with Gasteiger partial charge in [-0.25, -0.2) is 4.79 Å². The Bertz CT molecular complexity index is 390. The summed E-state index contributed by atoms with van der Waals surface area (Å²) in [6.07, 6.45) is 1.30. The van der Waals surface area contributed by atoms with Crippen molar-refractivity contribution < 1.29 is 14.3 Å². The van der Waals surface area contributed by atoms with Gasteiger partial charge in [-0.2, -0.15) is 5.26 Å². The lowest BCUT2D eigenvalue weighted by Crippen LogP contribution is -2.50. The minimum atomic E-state index is -0.958. The molecule has 18 heavy (non-hydrogen) atoms. The van der Waals surface area contributed by atoms with Gasteiger partial charge in [0.2, 0.25) is 0 Å². The van der Waals surface area contributed by atoms with E-state index in [2.05, 4.69) is 5.32 Å².